The highest BCUT2D eigenvalue weighted by Crippen LogP contribution is 2.09. The number of nitrogens with zero attached hydrogens (tertiary/aromatic N) is 3. The van der Waals surface area contributed by atoms with Crippen LogP contribution >= 0.6 is 11.8 Å². The second kappa shape index (κ2) is 3.35. The molecule has 0 bridgehead atoms. The third kappa shape index (κ3) is 1.62. The lowest BCUT2D eigenvalue weighted by Gasteiger charge is -1.98. The van der Waals surface area contributed by atoms with Crippen LogP contribution in [0.4, 0.5) is 5.82 Å². The molecule has 1 aromatic rings. The second-order valence-electron chi connectivity index (χ2n) is 1.90. The average molecular weight is 185 g/mol. The number of hydrogen-bond acceptors (Lipinski definition) is 6. The highest BCUT2D eigenvalue weighted by Gasteiger charge is 2.10. The van der Waals surface area contributed by atoms with Gasteiger partial charge in [-0.25, -0.2) is 4.98 Å². The Balaban J connectivity index is 3.17. The summed E-state index contributed by atoms with van der Waals surface area (Å²) in [6, 6.07) is 0. The van der Waals surface area contributed by atoms with Crippen LogP contribution < -0.4 is 11.5 Å². The molecule has 1 rings (SSSR count). The maximum atomic E-state index is 10.7. The van der Waals surface area contributed by atoms with Crippen molar-refractivity contribution < 1.29 is 4.79 Å². The van der Waals surface area contributed by atoms with Crippen LogP contribution in [-0.4, -0.2) is 27.3 Å². The summed E-state index contributed by atoms with van der Waals surface area (Å²) >= 11 is 1.26. The Hall–Kier alpha value is -1.37. The maximum absolute atomic E-state index is 10.7. The number of amides is 1. The zero-order chi connectivity index (χ0) is 9.14. The molecule has 0 atom stereocenters. The lowest BCUT2D eigenvalue weighted by Crippen LogP contribution is -2.17. The van der Waals surface area contributed by atoms with Gasteiger partial charge in [0.25, 0.3) is 5.91 Å². The predicted octanol–water partition coefficient (Wildman–Crippen LogP) is -0.725. The molecule has 0 unspecified atom stereocenters. The Bertz CT molecular complexity index is 315. The summed E-state index contributed by atoms with van der Waals surface area (Å²) in [5, 5.41) is 7.50. The Labute approximate surface area is 72.8 Å². The van der Waals surface area contributed by atoms with E-state index in [1.165, 1.54) is 11.8 Å². The van der Waals surface area contributed by atoms with E-state index in [2.05, 4.69) is 15.2 Å². The molecule has 1 amide bonds. The van der Waals surface area contributed by atoms with Crippen molar-refractivity contribution in [3.8, 4) is 0 Å². The van der Waals surface area contributed by atoms with Gasteiger partial charge >= 0.3 is 0 Å². The van der Waals surface area contributed by atoms with Crippen LogP contribution in [0.15, 0.2) is 5.16 Å². The van der Waals surface area contributed by atoms with Gasteiger partial charge in [-0.2, -0.15) is 0 Å². The van der Waals surface area contributed by atoms with Crippen molar-refractivity contribution in [2.45, 2.75) is 5.16 Å². The molecule has 4 N–H and O–H groups in total. The molecule has 0 radical (unpaired) electrons. The molecule has 0 aromatic carbocycles. The van der Waals surface area contributed by atoms with Crippen molar-refractivity contribution in [3.05, 3.63) is 5.69 Å². The lowest BCUT2D eigenvalue weighted by atomic mass is 10.4. The number of carbonyl (C=O) groups is 1. The van der Waals surface area contributed by atoms with Crippen LogP contribution in [0.1, 0.15) is 10.5 Å². The fourth-order valence-corrected chi connectivity index (χ4v) is 0.892. The molecule has 7 heteroatoms. The maximum Gasteiger partial charge on any atom is 0.271 e. The quantitative estimate of drug-likeness (QED) is 0.588. The number of hydrogen-bond donors (Lipinski definition) is 2. The van der Waals surface area contributed by atoms with Crippen LogP contribution in [-0.2, 0) is 0 Å². The van der Waals surface area contributed by atoms with E-state index in [0.29, 0.717) is 5.16 Å². The molecule has 0 spiro atoms. The Morgan fingerprint density at radius 1 is 1.50 bits per heavy atom. The average Bonchev–Trinajstić information content (AvgIpc) is 2.05. The number of thioether (sulfide) groups is 1. The highest BCUT2D eigenvalue weighted by atomic mass is 32.2. The van der Waals surface area contributed by atoms with Gasteiger partial charge in [0.2, 0.25) is 5.16 Å². The van der Waals surface area contributed by atoms with Gasteiger partial charge in [-0.1, -0.05) is 11.8 Å². The minimum Gasteiger partial charge on any atom is -0.380 e. The molecule has 0 fully saturated rings. The molecule has 0 saturated carbocycles. The highest BCUT2D eigenvalue weighted by molar-refractivity contribution is 7.98. The minimum absolute atomic E-state index is 0.0330. The monoisotopic (exact) mass is 185 g/mol. The first-order chi connectivity index (χ1) is 5.65. The molecule has 0 aliphatic rings. The summed E-state index contributed by atoms with van der Waals surface area (Å²) in [5.41, 5.74) is 10.2. The zero-order valence-electron chi connectivity index (χ0n) is 6.31. The molecular weight excluding hydrogens is 178 g/mol. The molecule has 0 aliphatic heterocycles. The topological polar surface area (TPSA) is 108 Å². The molecule has 1 heterocycles. The standard InChI is InChI=1S/C5H7N5OS/c1-12-5-8-2(4(7)11)3(6)9-10-5/h1H3,(H2,6,9)(H2,7,11). The third-order valence-electron chi connectivity index (χ3n) is 1.11. The van der Waals surface area contributed by atoms with E-state index in [9.17, 15) is 4.79 Å². The number of primary amides is 1. The van der Waals surface area contributed by atoms with Crippen LogP contribution in [0.25, 0.3) is 0 Å². The van der Waals surface area contributed by atoms with Gasteiger partial charge < -0.3 is 11.5 Å². The van der Waals surface area contributed by atoms with Gasteiger partial charge in [0.15, 0.2) is 11.5 Å². The lowest BCUT2D eigenvalue weighted by molar-refractivity contribution is 0.0995. The van der Waals surface area contributed by atoms with Crippen molar-refractivity contribution in [1.29, 1.82) is 0 Å². The number of rotatable bonds is 2. The van der Waals surface area contributed by atoms with Gasteiger partial charge in [-0.3, -0.25) is 4.79 Å². The van der Waals surface area contributed by atoms with E-state index in [1.54, 1.807) is 6.26 Å². The fourth-order valence-electron chi connectivity index (χ4n) is 0.587. The zero-order valence-corrected chi connectivity index (χ0v) is 7.13. The molecule has 6 nitrogen and oxygen atoms in total. The van der Waals surface area contributed by atoms with Crippen molar-refractivity contribution in [3.63, 3.8) is 0 Å². The van der Waals surface area contributed by atoms with Gasteiger partial charge in [0.05, 0.1) is 0 Å². The van der Waals surface area contributed by atoms with E-state index in [0.717, 1.165) is 0 Å². The van der Waals surface area contributed by atoms with Crippen molar-refractivity contribution in [2.75, 3.05) is 12.0 Å². The van der Waals surface area contributed by atoms with Crippen molar-refractivity contribution >= 4 is 23.5 Å². The van der Waals surface area contributed by atoms with Gasteiger partial charge in [0.1, 0.15) is 0 Å². The number of carbonyl (C=O) groups excluding carboxylic acids is 1. The largest absolute Gasteiger partial charge is 0.380 e. The molecule has 12 heavy (non-hydrogen) atoms. The molecule has 0 saturated heterocycles. The summed E-state index contributed by atoms with van der Waals surface area (Å²) < 4.78 is 0. The van der Waals surface area contributed by atoms with Gasteiger partial charge in [-0.15, -0.1) is 10.2 Å². The van der Waals surface area contributed by atoms with Gasteiger partial charge in [0, 0.05) is 0 Å². The minimum atomic E-state index is -0.697. The first-order valence-corrected chi connectivity index (χ1v) is 4.21. The first kappa shape index (κ1) is 8.72. The van der Waals surface area contributed by atoms with Crippen LogP contribution in [0.3, 0.4) is 0 Å². The van der Waals surface area contributed by atoms with Crippen LogP contribution in [0, 0.1) is 0 Å². The normalized spacial score (nSPS) is 9.75. The van der Waals surface area contributed by atoms with Crippen LogP contribution in [0.5, 0.6) is 0 Å². The summed E-state index contributed by atoms with van der Waals surface area (Å²) in [4.78, 5) is 14.5. The predicted molar refractivity (Wildman–Crippen MR) is 44.5 cm³/mol. The number of nitrogens with two attached hydrogens (primary N) is 2. The van der Waals surface area contributed by atoms with Gasteiger partial charge in [-0.05, 0) is 6.26 Å². The smallest absolute Gasteiger partial charge is 0.271 e. The number of anilines is 1. The molecule has 0 aliphatic carbocycles. The fraction of sp³-hybridized carbons (Fsp3) is 0.200. The van der Waals surface area contributed by atoms with E-state index in [1.807, 2.05) is 0 Å². The Morgan fingerprint density at radius 2 is 2.17 bits per heavy atom. The SMILES string of the molecule is CSc1nnc(N)c(C(N)=O)n1. The van der Waals surface area contributed by atoms with Crippen LogP contribution in [0.2, 0.25) is 0 Å². The molecular formula is C5H7N5OS. The van der Waals surface area contributed by atoms with E-state index < -0.39 is 5.91 Å². The van der Waals surface area contributed by atoms with E-state index in [4.69, 9.17) is 11.5 Å². The Kier molecular flexibility index (Phi) is 2.44. The van der Waals surface area contributed by atoms with E-state index >= 15 is 0 Å². The van der Waals surface area contributed by atoms with Crippen molar-refractivity contribution in [1.82, 2.24) is 15.2 Å². The first-order valence-electron chi connectivity index (χ1n) is 2.99. The number of aromatic nitrogens is 3. The summed E-state index contributed by atoms with van der Waals surface area (Å²) in [6.07, 6.45) is 1.76. The second-order valence-corrected chi connectivity index (χ2v) is 2.67. The Morgan fingerprint density at radius 3 is 2.67 bits per heavy atom. The summed E-state index contributed by atoms with van der Waals surface area (Å²) in [5.74, 6) is -0.738. The molecule has 1 aromatic heterocycles. The van der Waals surface area contributed by atoms with E-state index in [-0.39, 0.29) is 11.5 Å². The summed E-state index contributed by atoms with van der Waals surface area (Å²) in [7, 11) is 0. The summed E-state index contributed by atoms with van der Waals surface area (Å²) in [6.45, 7) is 0. The third-order valence-corrected chi connectivity index (χ3v) is 1.65. The number of nitrogen functional groups attached to an aromatic ring is 1. The molecule has 64 valence electrons. The van der Waals surface area contributed by atoms with Crippen molar-refractivity contribution in [2.24, 2.45) is 5.73 Å².